The van der Waals surface area contributed by atoms with Crippen molar-refractivity contribution in [3.8, 4) is 0 Å². The molecule has 1 fully saturated rings. The van der Waals surface area contributed by atoms with Crippen LogP contribution in [-0.2, 0) is 13.0 Å². The molecule has 1 aliphatic carbocycles. The van der Waals surface area contributed by atoms with Crippen LogP contribution in [0.4, 0.5) is 0 Å². The number of nitrogens with zero attached hydrogens (tertiary/aromatic N) is 5. The van der Waals surface area contributed by atoms with E-state index in [4.69, 9.17) is 5.11 Å². The molecule has 8 nitrogen and oxygen atoms in total. The molecule has 1 saturated carbocycles. The molecule has 3 aromatic heterocycles. The number of aromatic amines is 1. The van der Waals surface area contributed by atoms with E-state index in [1.165, 1.54) is 28.3 Å². The van der Waals surface area contributed by atoms with Gasteiger partial charge in [-0.15, -0.1) is 10.2 Å². The van der Waals surface area contributed by atoms with Crippen molar-refractivity contribution < 1.29 is 9.90 Å². The molecule has 0 aromatic carbocycles. The van der Waals surface area contributed by atoms with Crippen LogP contribution >= 0.6 is 22.6 Å². The summed E-state index contributed by atoms with van der Waals surface area (Å²) in [6.45, 7) is 0.642. The minimum atomic E-state index is -1.05. The van der Waals surface area contributed by atoms with E-state index in [0.717, 1.165) is 36.0 Å². The Balaban J connectivity index is 1.36. The maximum Gasteiger partial charge on any atom is 0.358 e. The number of H-pyrrole nitrogens is 1. The highest BCUT2D eigenvalue weighted by atomic mass is 127. The molecule has 4 rings (SSSR count). The number of aryl methyl sites for hydroxylation is 2. The Morgan fingerprint density at radius 3 is 2.88 bits per heavy atom. The largest absolute Gasteiger partial charge is 0.476 e. The third-order valence-corrected chi connectivity index (χ3v) is 5.55. The van der Waals surface area contributed by atoms with Crippen LogP contribution in [0.15, 0.2) is 12.3 Å². The van der Waals surface area contributed by atoms with Crippen molar-refractivity contribution in [1.29, 1.82) is 0 Å². The fraction of sp³-hybridized carbons (Fsp3) is 0.438. The van der Waals surface area contributed by atoms with Gasteiger partial charge < -0.3 is 10.1 Å². The monoisotopic (exact) mass is 452 g/mol. The minimum absolute atomic E-state index is 0.0233. The molecule has 25 heavy (non-hydrogen) atoms. The van der Waals surface area contributed by atoms with E-state index in [9.17, 15) is 4.79 Å². The van der Waals surface area contributed by atoms with Gasteiger partial charge in [-0.2, -0.15) is 5.10 Å². The van der Waals surface area contributed by atoms with Gasteiger partial charge in [0.25, 0.3) is 0 Å². The third kappa shape index (κ3) is 3.51. The molecular formula is C16H17IN6O2. The van der Waals surface area contributed by atoms with Crippen LogP contribution in [-0.4, -0.2) is 41.3 Å². The first-order valence-corrected chi connectivity index (χ1v) is 9.37. The lowest BCUT2D eigenvalue weighted by Crippen LogP contribution is -2.01. The number of rotatable bonds is 7. The Morgan fingerprint density at radius 1 is 1.32 bits per heavy atom. The molecule has 9 heteroatoms. The van der Waals surface area contributed by atoms with E-state index in [2.05, 4.69) is 54.2 Å². The number of hydrogen-bond acceptors (Lipinski definition) is 5. The van der Waals surface area contributed by atoms with Gasteiger partial charge in [-0.25, -0.2) is 4.79 Å². The molecule has 0 unspecified atom stereocenters. The minimum Gasteiger partial charge on any atom is -0.476 e. The quantitative estimate of drug-likeness (QED) is 0.422. The second-order valence-electron chi connectivity index (χ2n) is 6.35. The van der Waals surface area contributed by atoms with Crippen molar-refractivity contribution in [1.82, 2.24) is 30.2 Å². The Kier molecular flexibility index (Phi) is 4.40. The van der Waals surface area contributed by atoms with Gasteiger partial charge in [-0.3, -0.25) is 4.68 Å². The summed E-state index contributed by atoms with van der Waals surface area (Å²) in [4.78, 5) is 14.2. The zero-order chi connectivity index (χ0) is 17.4. The van der Waals surface area contributed by atoms with Crippen molar-refractivity contribution >= 4 is 39.6 Å². The number of aromatic carboxylic acids is 1. The summed E-state index contributed by atoms with van der Waals surface area (Å²) in [6, 6.07) is 2.13. The first-order chi connectivity index (χ1) is 12.1. The summed E-state index contributed by atoms with van der Waals surface area (Å²) in [5.74, 6) is -0.385. The smallest absolute Gasteiger partial charge is 0.358 e. The molecule has 1 aliphatic rings. The van der Waals surface area contributed by atoms with Crippen molar-refractivity contribution in [3.05, 3.63) is 32.9 Å². The van der Waals surface area contributed by atoms with E-state index in [1.54, 1.807) is 4.68 Å². The zero-order valence-corrected chi connectivity index (χ0v) is 15.6. The normalized spacial score (nSPS) is 14.3. The molecule has 0 saturated heterocycles. The molecule has 0 bridgehead atoms. The van der Waals surface area contributed by atoms with Crippen LogP contribution in [0.25, 0.3) is 11.0 Å². The van der Waals surface area contributed by atoms with E-state index in [0.29, 0.717) is 12.5 Å². The van der Waals surface area contributed by atoms with Crippen LogP contribution < -0.4 is 0 Å². The highest BCUT2D eigenvalue weighted by Crippen LogP contribution is 2.43. The Labute approximate surface area is 157 Å². The van der Waals surface area contributed by atoms with Crippen molar-refractivity contribution in [3.63, 3.8) is 0 Å². The first-order valence-electron chi connectivity index (χ1n) is 8.29. The van der Waals surface area contributed by atoms with Gasteiger partial charge in [0.15, 0.2) is 11.3 Å². The molecule has 0 radical (unpaired) electrons. The number of nitrogens with one attached hydrogen (secondary N) is 1. The fourth-order valence-electron chi connectivity index (χ4n) is 2.88. The molecule has 0 amide bonds. The summed E-state index contributed by atoms with van der Waals surface area (Å²) in [7, 11) is 0. The van der Waals surface area contributed by atoms with Crippen LogP contribution in [0.2, 0.25) is 0 Å². The third-order valence-electron chi connectivity index (χ3n) is 4.38. The van der Waals surface area contributed by atoms with Crippen molar-refractivity contribution in [2.75, 3.05) is 0 Å². The highest BCUT2D eigenvalue weighted by Gasteiger charge is 2.28. The Morgan fingerprint density at radius 2 is 2.16 bits per heavy atom. The number of halogens is 1. The van der Waals surface area contributed by atoms with Crippen molar-refractivity contribution in [2.24, 2.45) is 0 Å². The molecule has 0 spiro atoms. The van der Waals surface area contributed by atoms with Gasteiger partial charge in [0.2, 0.25) is 0 Å². The molecule has 3 heterocycles. The van der Waals surface area contributed by atoms with Crippen LogP contribution in [0.5, 0.6) is 0 Å². The van der Waals surface area contributed by atoms with Crippen LogP contribution in [0, 0.1) is 3.57 Å². The van der Waals surface area contributed by atoms with E-state index in [-0.39, 0.29) is 5.69 Å². The van der Waals surface area contributed by atoms with Gasteiger partial charge in [-0.05, 0) is 60.8 Å². The molecule has 2 N–H and O–H groups in total. The average molecular weight is 452 g/mol. The summed E-state index contributed by atoms with van der Waals surface area (Å²) in [5.41, 5.74) is 3.14. The molecule has 0 aliphatic heterocycles. The molecular weight excluding hydrogens is 435 g/mol. The van der Waals surface area contributed by atoms with E-state index < -0.39 is 5.97 Å². The summed E-state index contributed by atoms with van der Waals surface area (Å²) in [6.07, 6.45) is 6.61. The van der Waals surface area contributed by atoms with E-state index in [1.807, 2.05) is 0 Å². The number of fused-ring (bicyclic) bond motifs is 1. The van der Waals surface area contributed by atoms with Crippen LogP contribution in [0.1, 0.15) is 53.5 Å². The van der Waals surface area contributed by atoms with Gasteiger partial charge in [0.05, 0.1) is 11.9 Å². The van der Waals surface area contributed by atoms with Crippen molar-refractivity contribution in [2.45, 2.75) is 44.6 Å². The summed E-state index contributed by atoms with van der Waals surface area (Å²) >= 11 is 2.40. The zero-order valence-electron chi connectivity index (χ0n) is 13.4. The molecule has 130 valence electrons. The van der Waals surface area contributed by atoms with E-state index >= 15 is 0 Å². The first kappa shape index (κ1) is 16.4. The lowest BCUT2D eigenvalue weighted by atomic mass is 10.1. The highest BCUT2D eigenvalue weighted by molar-refractivity contribution is 14.1. The Bertz CT molecular complexity index is 930. The average Bonchev–Trinajstić information content (AvgIpc) is 3.24. The number of carboxylic acid groups (broad SMARTS) is 1. The topological polar surface area (TPSA) is 110 Å². The maximum absolute atomic E-state index is 10.8. The lowest BCUT2D eigenvalue weighted by molar-refractivity contribution is 0.0690. The van der Waals surface area contributed by atoms with Gasteiger partial charge in [-0.1, -0.05) is 5.21 Å². The van der Waals surface area contributed by atoms with Gasteiger partial charge in [0, 0.05) is 27.1 Å². The fourth-order valence-corrected chi connectivity index (χ4v) is 3.87. The number of unbranched alkanes of at least 4 members (excludes halogenated alkanes) is 1. The predicted octanol–water partition coefficient (Wildman–Crippen LogP) is 2.75. The van der Waals surface area contributed by atoms with Gasteiger partial charge >= 0.3 is 5.97 Å². The number of carboxylic acids is 1. The van der Waals surface area contributed by atoms with Gasteiger partial charge in [0.1, 0.15) is 0 Å². The molecule has 3 aromatic rings. The second kappa shape index (κ2) is 6.70. The lowest BCUT2D eigenvalue weighted by Gasteiger charge is -2.01. The summed E-state index contributed by atoms with van der Waals surface area (Å²) in [5, 5.41) is 26.1. The van der Waals surface area contributed by atoms with Crippen LogP contribution in [0.3, 0.4) is 0 Å². The SMILES string of the molecule is O=C(O)c1cn(CCCCc2cc3c(I)c(C4CC4)[nH]c3nn2)nn1. The Hall–Kier alpha value is -2.04. The number of hydrogen-bond donors (Lipinski definition) is 2. The summed E-state index contributed by atoms with van der Waals surface area (Å²) < 4.78 is 2.84. The number of carbonyl (C=O) groups is 1. The standard InChI is InChI=1S/C16H17IN6O2/c17-13-11-7-10(19-21-15(11)18-14(13)9-4-5-9)3-1-2-6-23-8-12(16(24)25)20-22-23/h7-9H,1-6H2,(H,18,21)(H,24,25). The molecule has 0 atom stereocenters. The maximum atomic E-state index is 10.8. The number of aromatic nitrogens is 6. The second-order valence-corrected chi connectivity index (χ2v) is 7.43. The predicted molar refractivity (Wildman–Crippen MR) is 98.5 cm³/mol.